The van der Waals surface area contributed by atoms with Gasteiger partial charge in [0.15, 0.2) is 0 Å². The van der Waals surface area contributed by atoms with Crippen molar-refractivity contribution in [2.45, 2.75) is 59.4 Å². The number of fused-ring (bicyclic) bond motifs is 2. The van der Waals surface area contributed by atoms with Gasteiger partial charge in [-0.2, -0.15) is 0 Å². The van der Waals surface area contributed by atoms with Crippen LogP contribution < -0.4 is 4.74 Å². The lowest BCUT2D eigenvalue weighted by Gasteiger charge is -2.43. The Kier molecular flexibility index (Phi) is 6.10. The van der Waals surface area contributed by atoms with Gasteiger partial charge in [-0.25, -0.2) is 4.79 Å². The Labute approximate surface area is 198 Å². The van der Waals surface area contributed by atoms with Crippen molar-refractivity contribution in [1.82, 2.24) is 9.88 Å². The third-order valence-corrected chi connectivity index (χ3v) is 7.13. The maximum absolute atomic E-state index is 12.0. The van der Waals surface area contributed by atoms with Crippen LogP contribution in [-0.4, -0.2) is 40.8 Å². The largest absolute Gasteiger partial charge is 0.496 e. The second-order valence-corrected chi connectivity index (χ2v) is 10.9. The molecule has 1 fully saturated rings. The molecule has 1 atom stereocenters. The number of piperidine rings is 1. The van der Waals surface area contributed by atoms with Gasteiger partial charge < -0.3 is 14.7 Å². The SMILES string of the molecule is COc1cc(C)cc2c1C(=C1CCN(C(=O)O)C(C(C)(C)C)C1)c1ncc(Br)cc1CC2. The number of pyridine rings is 1. The summed E-state index contributed by atoms with van der Waals surface area (Å²) in [4.78, 5) is 18.5. The second-order valence-electron chi connectivity index (χ2n) is 9.95. The Morgan fingerprint density at radius 2 is 1.91 bits per heavy atom. The predicted octanol–water partition coefficient (Wildman–Crippen LogP) is 6.25. The van der Waals surface area contributed by atoms with E-state index in [1.807, 2.05) is 6.20 Å². The van der Waals surface area contributed by atoms with E-state index in [1.165, 1.54) is 22.3 Å². The molecule has 0 radical (unpaired) electrons. The first-order valence-electron chi connectivity index (χ1n) is 11.1. The zero-order chi connectivity index (χ0) is 23.2. The summed E-state index contributed by atoms with van der Waals surface area (Å²) in [6.07, 6.45) is 4.23. The molecule has 170 valence electrons. The minimum absolute atomic E-state index is 0.0988. The van der Waals surface area contributed by atoms with E-state index in [0.717, 1.165) is 39.9 Å². The number of carbonyl (C=O) groups is 1. The van der Waals surface area contributed by atoms with Crippen LogP contribution in [0, 0.1) is 12.3 Å². The smallest absolute Gasteiger partial charge is 0.407 e. The number of ether oxygens (including phenoxy) is 1. The molecule has 1 aromatic heterocycles. The van der Waals surface area contributed by atoms with Gasteiger partial charge in [-0.1, -0.05) is 32.4 Å². The lowest BCUT2D eigenvalue weighted by atomic mass is 9.76. The van der Waals surface area contributed by atoms with Crippen molar-refractivity contribution in [3.05, 3.63) is 62.4 Å². The third-order valence-electron chi connectivity index (χ3n) is 6.70. The van der Waals surface area contributed by atoms with Gasteiger partial charge in [0.1, 0.15) is 5.75 Å². The molecule has 2 heterocycles. The van der Waals surface area contributed by atoms with Crippen molar-refractivity contribution >= 4 is 27.6 Å². The molecule has 2 aliphatic rings. The summed E-state index contributed by atoms with van der Waals surface area (Å²) in [5.74, 6) is 0.869. The van der Waals surface area contributed by atoms with Gasteiger partial charge in [-0.3, -0.25) is 4.98 Å². The van der Waals surface area contributed by atoms with Crippen molar-refractivity contribution < 1.29 is 14.6 Å². The summed E-state index contributed by atoms with van der Waals surface area (Å²) in [6.45, 7) is 8.95. The molecule has 0 spiro atoms. The number of methoxy groups -OCH3 is 1. The molecule has 1 saturated heterocycles. The molecular formula is C26H31BrN2O3. The molecule has 4 rings (SSSR count). The molecule has 1 N–H and O–H groups in total. The summed E-state index contributed by atoms with van der Waals surface area (Å²) < 4.78 is 6.86. The van der Waals surface area contributed by atoms with E-state index in [9.17, 15) is 9.90 Å². The third kappa shape index (κ3) is 4.17. The highest BCUT2D eigenvalue weighted by Gasteiger charge is 2.39. The molecular weight excluding hydrogens is 468 g/mol. The van der Waals surface area contributed by atoms with E-state index < -0.39 is 6.09 Å². The molecule has 1 amide bonds. The molecule has 5 nitrogen and oxygen atoms in total. The number of hydrogen-bond acceptors (Lipinski definition) is 3. The fourth-order valence-electron chi connectivity index (χ4n) is 5.18. The standard InChI is InChI=1S/C26H31BrN2O3/c1-15-10-16-6-7-18-12-19(27)14-28-24(18)23(22(16)20(11-15)32-5)17-8-9-29(25(30)31)21(13-17)26(2,3)4/h10-12,14,21H,6-9,13H2,1-5H3,(H,30,31). The van der Waals surface area contributed by atoms with Crippen LogP contribution in [0.5, 0.6) is 5.75 Å². The highest BCUT2D eigenvalue weighted by Crippen LogP contribution is 2.45. The van der Waals surface area contributed by atoms with Crippen molar-refractivity contribution in [1.29, 1.82) is 0 Å². The van der Waals surface area contributed by atoms with Crippen LogP contribution in [0.15, 0.2) is 34.4 Å². The Balaban J connectivity index is 1.99. The number of aromatic nitrogens is 1. The Morgan fingerprint density at radius 3 is 2.56 bits per heavy atom. The average Bonchev–Trinajstić information content (AvgIpc) is 2.88. The summed E-state index contributed by atoms with van der Waals surface area (Å²) in [5, 5.41) is 9.84. The molecule has 32 heavy (non-hydrogen) atoms. The summed E-state index contributed by atoms with van der Waals surface area (Å²) in [5.41, 5.74) is 8.01. The van der Waals surface area contributed by atoms with Crippen LogP contribution in [0.1, 0.15) is 61.6 Å². The minimum Gasteiger partial charge on any atom is -0.496 e. The first-order valence-corrected chi connectivity index (χ1v) is 11.9. The van der Waals surface area contributed by atoms with Crippen LogP contribution in [-0.2, 0) is 12.8 Å². The number of halogens is 1. The van der Waals surface area contributed by atoms with E-state index in [0.29, 0.717) is 19.4 Å². The Hall–Kier alpha value is -2.34. The zero-order valence-electron chi connectivity index (χ0n) is 19.5. The number of rotatable bonds is 1. The molecule has 1 aliphatic carbocycles. The quantitative estimate of drug-likeness (QED) is 0.504. The second kappa shape index (κ2) is 8.54. The fraction of sp³-hybridized carbons (Fsp3) is 0.462. The van der Waals surface area contributed by atoms with Gasteiger partial charge in [0, 0.05) is 34.4 Å². The molecule has 1 aliphatic heterocycles. The van der Waals surface area contributed by atoms with Crippen LogP contribution in [0.3, 0.4) is 0 Å². The van der Waals surface area contributed by atoms with Gasteiger partial charge >= 0.3 is 6.09 Å². The van der Waals surface area contributed by atoms with Crippen molar-refractivity contribution in [2.24, 2.45) is 5.41 Å². The number of amides is 1. The monoisotopic (exact) mass is 498 g/mol. The van der Waals surface area contributed by atoms with Gasteiger partial charge in [0.2, 0.25) is 0 Å². The number of aryl methyl sites for hydroxylation is 3. The maximum atomic E-state index is 12.0. The van der Waals surface area contributed by atoms with Gasteiger partial charge in [-0.15, -0.1) is 0 Å². The summed E-state index contributed by atoms with van der Waals surface area (Å²) in [6, 6.07) is 6.42. The predicted molar refractivity (Wildman–Crippen MR) is 130 cm³/mol. The lowest BCUT2D eigenvalue weighted by molar-refractivity contribution is 0.0723. The average molecular weight is 499 g/mol. The first kappa shape index (κ1) is 22.8. The van der Waals surface area contributed by atoms with Gasteiger partial charge in [0.25, 0.3) is 0 Å². The first-order chi connectivity index (χ1) is 15.1. The van der Waals surface area contributed by atoms with E-state index in [2.05, 4.69) is 61.8 Å². The van der Waals surface area contributed by atoms with Crippen LogP contribution >= 0.6 is 15.9 Å². The molecule has 6 heteroatoms. The van der Waals surface area contributed by atoms with E-state index in [4.69, 9.17) is 9.72 Å². The number of hydrogen-bond donors (Lipinski definition) is 1. The topological polar surface area (TPSA) is 62.7 Å². The van der Waals surface area contributed by atoms with Crippen molar-refractivity contribution in [3.63, 3.8) is 0 Å². The van der Waals surface area contributed by atoms with Gasteiger partial charge in [0.05, 0.1) is 12.8 Å². The fourth-order valence-corrected chi connectivity index (χ4v) is 5.56. The lowest BCUT2D eigenvalue weighted by Crippen LogP contribution is -2.50. The summed E-state index contributed by atoms with van der Waals surface area (Å²) >= 11 is 3.59. The molecule has 2 aromatic rings. The molecule has 1 aromatic carbocycles. The van der Waals surface area contributed by atoms with Crippen LogP contribution in [0.4, 0.5) is 4.79 Å². The number of nitrogens with zero attached hydrogens (tertiary/aromatic N) is 2. The molecule has 0 bridgehead atoms. The normalized spacial score (nSPS) is 20.9. The number of likely N-dealkylation sites (tertiary alicyclic amines) is 1. The van der Waals surface area contributed by atoms with Gasteiger partial charge in [-0.05, 0) is 82.8 Å². The van der Waals surface area contributed by atoms with Crippen LogP contribution in [0.25, 0.3) is 5.57 Å². The van der Waals surface area contributed by atoms with E-state index in [-0.39, 0.29) is 11.5 Å². The molecule has 0 saturated carbocycles. The summed E-state index contributed by atoms with van der Waals surface area (Å²) in [7, 11) is 1.73. The maximum Gasteiger partial charge on any atom is 0.407 e. The molecule has 1 unspecified atom stereocenters. The minimum atomic E-state index is -0.842. The van der Waals surface area contributed by atoms with E-state index in [1.54, 1.807) is 12.0 Å². The Bertz CT molecular complexity index is 1100. The van der Waals surface area contributed by atoms with E-state index >= 15 is 0 Å². The van der Waals surface area contributed by atoms with Crippen LogP contribution in [0.2, 0.25) is 0 Å². The van der Waals surface area contributed by atoms with Crippen molar-refractivity contribution in [3.8, 4) is 5.75 Å². The zero-order valence-corrected chi connectivity index (χ0v) is 21.0. The highest BCUT2D eigenvalue weighted by molar-refractivity contribution is 9.10. The Morgan fingerprint density at radius 1 is 1.19 bits per heavy atom. The number of carboxylic acid groups (broad SMARTS) is 1. The number of benzene rings is 1. The highest BCUT2D eigenvalue weighted by atomic mass is 79.9. The van der Waals surface area contributed by atoms with Crippen molar-refractivity contribution in [2.75, 3.05) is 13.7 Å².